The van der Waals surface area contributed by atoms with Gasteiger partial charge in [0.1, 0.15) is 11.6 Å². The van der Waals surface area contributed by atoms with Crippen molar-refractivity contribution in [2.75, 3.05) is 0 Å². The van der Waals surface area contributed by atoms with Gasteiger partial charge in [-0.2, -0.15) is 0 Å². The van der Waals surface area contributed by atoms with Gasteiger partial charge in [0.25, 0.3) is 0 Å². The van der Waals surface area contributed by atoms with E-state index in [1.165, 1.54) is 51.4 Å². The monoisotopic (exact) mass is 300 g/mol. The SMILES string of the molecule is O=C1CC2C3CCCCC3C(=O)C2C2CC3CCCCC3C12. The first-order valence-corrected chi connectivity index (χ1v) is 9.82. The molecule has 0 aromatic carbocycles. The van der Waals surface area contributed by atoms with Crippen LogP contribution < -0.4 is 0 Å². The fourth-order valence-corrected chi connectivity index (χ4v) is 7.59. The highest BCUT2D eigenvalue weighted by Crippen LogP contribution is 2.61. The van der Waals surface area contributed by atoms with Crippen molar-refractivity contribution in [3.63, 3.8) is 0 Å². The van der Waals surface area contributed by atoms with E-state index >= 15 is 0 Å². The molecule has 5 saturated carbocycles. The van der Waals surface area contributed by atoms with Crippen molar-refractivity contribution in [1.82, 2.24) is 0 Å². The molecule has 0 N–H and O–H groups in total. The Labute approximate surface area is 133 Å². The molecule has 8 unspecified atom stereocenters. The molecule has 8 atom stereocenters. The summed E-state index contributed by atoms with van der Waals surface area (Å²) >= 11 is 0. The summed E-state index contributed by atoms with van der Waals surface area (Å²) < 4.78 is 0. The Morgan fingerprint density at radius 3 is 2.27 bits per heavy atom. The first-order valence-electron chi connectivity index (χ1n) is 9.82. The van der Waals surface area contributed by atoms with Crippen LogP contribution in [0.25, 0.3) is 0 Å². The lowest BCUT2D eigenvalue weighted by Gasteiger charge is -2.38. The first kappa shape index (κ1) is 13.7. The van der Waals surface area contributed by atoms with Crippen molar-refractivity contribution in [3.05, 3.63) is 0 Å². The fraction of sp³-hybridized carbons (Fsp3) is 0.900. The van der Waals surface area contributed by atoms with Crippen LogP contribution in [0, 0.1) is 47.3 Å². The summed E-state index contributed by atoms with van der Waals surface area (Å²) in [5.74, 6) is 4.89. The molecule has 0 aromatic heterocycles. The Hall–Kier alpha value is -0.660. The van der Waals surface area contributed by atoms with Crippen LogP contribution >= 0.6 is 0 Å². The number of rotatable bonds is 0. The van der Waals surface area contributed by atoms with Crippen molar-refractivity contribution in [2.45, 2.75) is 64.2 Å². The molecule has 120 valence electrons. The van der Waals surface area contributed by atoms with Gasteiger partial charge in [-0.25, -0.2) is 0 Å². The second-order valence-corrected chi connectivity index (χ2v) is 8.95. The molecule has 0 radical (unpaired) electrons. The van der Waals surface area contributed by atoms with E-state index in [4.69, 9.17) is 0 Å². The van der Waals surface area contributed by atoms with Crippen LogP contribution in [0.5, 0.6) is 0 Å². The standard InChI is InChI=1S/C20H28O2/c21-17-10-15-13-7-3-4-8-14(13)20(22)19(15)16-9-11-5-1-2-6-12(11)18(16)17/h11-16,18-19H,1-10H2. The van der Waals surface area contributed by atoms with Crippen LogP contribution in [0.2, 0.25) is 0 Å². The molecule has 22 heavy (non-hydrogen) atoms. The lowest BCUT2D eigenvalue weighted by atomic mass is 9.64. The van der Waals surface area contributed by atoms with Crippen LogP contribution in [-0.2, 0) is 9.59 Å². The molecular weight excluding hydrogens is 272 g/mol. The van der Waals surface area contributed by atoms with E-state index in [-0.39, 0.29) is 11.8 Å². The van der Waals surface area contributed by atoms with E-state index in [2.05, 4.69) is 0 Å². The summed E-state index contributed by atoms with van der Waals surface area (Å²) in [5, 5.41) is 0. The predicted molar refractivity (Wildman–Crippen MR) is 84.1 cm³/mol. The second-order valence-electron chi connectivity index (χ2n) is 8.95. The van der Waals surface area contributed by atoms with Crippen molar-refractivity contribution in [2.24, 2.45) is 47.3 Å². The molecule has 2 heteroatoms. The van der Waals surface area contributed by atoms with Gasteiger partial charge in [-0.1, -0.05) is 32.1 Å². The van der Waals surface area contributed by atoms with E-state index in [9.17, 15) is 9.59 Å². The smallest absolute Gasteiger partial charge is 0.139 e. The van der Waals surface area contributed by atoms with Crippen molar-refractivity contribution >= 4 is 11.6 Å². The maximum atomic E-state index is 13.1. The highest BCUT2D eigenvalue weighted by molar-refractivity contribution is 5.92. The van der Waals surface area contributed by atoms with Gasteiger partial charge in [-0.05, 0) is 55.3 Å². The Morgan fingerprint density at radius 1 is 0.682 bits per heavy atom. The van der Waals surface area contributed by atoms with E-state index in [0.29, 0.717) is 41.2 Å². The van der Waals surface area contributed by atoms with Gasteiger partial charge in [0, 0.05) is 24.2 Å². The minimum absolute atomic E-state index is 0.274. The number of carbonyl (C=O) groups excluding carboxylic acids is 2. The lowest BCUT2D eigenvalue weighted by Crippen LogP contribution is -2.41. The molecule has 0 heterocycles. The van der Waals surface area contributed by atoms with Crippen LogP contribution in [-0.4, -0.2) is 11.6 Å². The molecule has 0 aliphatic heterocycles. The minimum Gasteiger partial charge on any atom is -0.299 e. The van der Waals surface area contributed by atoms with E-state index in [1.807, 2.05) is 0 Å². The van der Waals surface area contributed by atoms with Crippen LogP contribution in [0.1, 0.15) is 64.2 Å². The van der Waals surface area contributed by atoms with Crippen LogP contribution in [0.3, 0.4) is 0 Å². The third-order valence-corrected chi connectivity index (χ3v) is 8.26. The van der Waals surface area contributed by atoms with Crippen molar-refractivity contribution in [1.29, 1.82) is 0 Å². The van der Waals surface area contributed by atoms with E-state index in [1.54, 1.807) is 0 Å². The number of fused-ring (bicyclic) bond motifs is 7. The van der Waals surface area contributed by atoms with Gasteiger partial charge in [0.05, 0.1) is 0 Å². The lowest BCUT2D eigenvalue weighted by molar-refractivity contribution is -0.135. The number of hydrogen-bond donors (Lipinski definition) is 0. The second kappa shape index (κ2) is 4.92. The zero-order chi connectivity index (χ0) is 14.8. The molecule has 5 rings (SSSR count). The van der Waals surface area contributed by atoms with Crippen molar-refractivity contribution in [3.8, 4) is 0 Å². The Morgan fingerprint density at radius 2 is 1.41 bits per heavy atom. The highest BCUT2D eigenvalue weighted by atomic mass is 16.1. The summed E-state index contributed by atoms with van der Waals surface area (Å²) in [4.78, 5) is 26.1. The predicted octanol–water partition coefficient (Wildman–Crippen LogP) is 4.02. The average molecular weight is 300 g/mol. The van der Waals surface area contributed by atoms with E-state index in [0.717, 1.165) is 18.8 Å². The van der Waals surface area contributed by atoms with Crippen LogP contribution in [0.4, 0.5) is 0 Å². The van der Waals surface area contributed by atoms with Gasteiger partial charge in [0.15, 0.2) is 0 Å². The fourth-order valence-electron chi connectivity index (χ4n) is 7.59. The third kappa shape index (κ3) is 1.73. The molecule has 0 saturated heterocycles. The molecule has 0 bridgehead atoms. The van der Waals surface area contributed by atoms with Crippen LogP contribution in [0.15, 0.2) is 0 Å². The van der Waals surface area contributed by atoms with Gasteiger partial charge in [-0.15, -0.1) is 0 Å². The van der Waals surface area contributed by atoms with Gasteiger partial charge in [0.2, 0.25) is 0 Å². The summed E-state index contributed by atoms with van der Waals surface area (Å²) in [6, 6.07) is 0. The molecule has 0 spiro atoms. The molecule has 2 nitrogen and oxygen atoms in total. The highest BCUT2D eigenvalue weighted by Gasteiger charge is 2.62. The topological polar surface area (TPSA) is 34.1 Å². The molecular formula is C20H28O2. The number of ketones is 2. The Bertz CT molecular complexity index is 510. The Balaban J connectivity index is 1.50. The maximum absolute atomic E-state index is 13.1. The number of Topliss-reactive ketones (excluding diaryl/α,β-unsaturated/α-hetero) is 2. The van der Waals surface area contributed by atoms with E-state index < -0.39 is 0 Å². The normalized spacial score (nSPS) is 53.6. The van der Waals surface area contributed by atoms with Gasteiger partial charge >= 0.3 is 0 Å². The zero-order valence-corrected chi connectivity index (χ0v) is 13.5. The summed E-state index contributed by atoms with van der Waals surface area (Å²) in [6.45, 7) is 0. The summed E-state index contributed by atoms with van der Waals surface area (Å²) in [6.07, 6.45) is 12.1. The number of carbonyl (C=O) groups is 2. The minimum atomic E-state index is 0.274. The molecule has 5 fully saturated rings. The molecule has 0 aromatic rings. The first-order chi connectivity index (χ1) is 10.8. The Kier molecular flexibility index (Phi) is 3.07. The third-order valence-electron chi connectivity index (χ3n) is 8.26. The van der Waals surface area contributed by atoms with Gasteiger partial charge < -0.3 is 0 Å². The largest absolute Gasteiger partial charge is 0.299 e. The van der Waals surface area contributed by atoms with Gasteiger partial charge in [-0.3, -0.25) is 9.59 Å². The summed E-state index contributed by atoms with van der Waals surface area (Å²) in [7, 11) is 0. The zero-order valence-electron chi connectivity index (χ0n) is 13.5. The van der Waals surface area contributed by atoms with Crippen molar-refractivity contribution < 1.29 is 9.59 Å². The average Bonchev–Trinajstić information content (AvgIpc) is 3.05. The molecule has 5 aliphatic carbocycles. The maximum Gasteiger partial charge on any atom is 0.139 e. The molecule has 0 amide bonds. The quantitative estimate of drug-likeness (QED) is 0.677. The summed E-state index contributed by atoms with van der Waals surface area (Å²) in [5.41, 5.74) is 0. The number of hydrogen-bond acceptors (Lipinski definition) is 2. The molecule has 5 aliphatic rings.